The molecule has 1 N–H and O–H groups in total. The highest BCUT2D eigenvalue weighted by Gasteiger charge is 2.10. The number of hydrogen-bond donors (Lipinski definition) is 1. The molecule has 1 unspecified atom stereocenters. The van der Waals surface area contributed by atoms with Crippen LogP contribution < -0.4 is 5.32 Å². The maximum absolute atomic E-state index is 12.1. The zero-order valence-corrected chi connectivity index (χ0v) is 15.4. The van der Waals surface area contributed by atoms with Crippen molar-refractivity contribution < 1.29 is 4.79 Å². The number of nitrogens with one attached hydrogen (secondary N) is 1. The number of carbonyl (C=O) groups excluding carboxylic acids is 1. The van der Waals surface area contributed by atoms with Gasteiger partial charge in [-0.3, -0.25) is 4.79 Å². The first-order chi connectivity index (χ1) is 11.0. The molecule has 0 aliphatic heterocycles. The van der Waals surface area contributed by atoms with Gasteiger partial charge in [-0.2, -0.15) is 0 Å². The van der Waals surface area contributed by atoms with Crippen molar-refractivity contribution in [3.63, 3.8) is 0 Å². The van der Waals surface area contributed by atoms with Gasteiger partial charge < -0.3 is 10.2 Å². The minimum absolute atomic E-state index is 0.0605. The van der Waals surface area contributed by atoms with E-state index < -0.39 is 0 Å². The topological polar surface area (TPSA) is 32.3 Å². The average Bonchev–Trinajstić information content (AvgIpc) is 2.51. The molecule has 23 heavy (non-hydrogen) atoms. The monoisotopic (exact) mass is 350 g/mol. The van der Waals surface area contributed by atoms with Crippen molar-refractivity contribution in [2.45, 2.75) is 24.3 Å². The van der Waals surface area contributed by atoms with Crippen LogP contribution in [0.2, 0.25) is 5.02 Å². The number of fused-ring (bicyclic) bond motifs is 1. The van der Waals surface area contributed by atoms with Gasteiger partial charge in [0.05, 0.1) is 5.75 Å². The molecular weight excluding hydrogens is 328 g/mol. The molecule has 3 nitrogen and oxygen atoms in total. The Balaban J connectivity index is 1.95. The van der Waals surface area contributed by atoms with E-state index in [-0.39, 0.29) is 11.9 Å². The number of rotatable bonds is 7. The third-order valence-corrected chi connectivity index (χ3v) is 4.96. The molecule has 2 aromatic rings. The smallest absolute Gasteiger partial charge is 0.230 e. The Kier molecular flexibility index (Phi) is 6.75. The van der Waals surface area contributed by atoms with Crippen molar-refractivity contribution in [2.24, 2.45) is 0 Å². The maximum Gasteiger partial charge on any atom is 0.230 e. The normalized spacial score (nSPS) is 12.6. The summed E-state index contributed by atoms with van der Waals surface area (Å²) < 4.78 is 0. The van der Waals surface area contributed by atoms with E-state index in [0.29, 0.717) is 5.75 Å². The van der Waals surface area contributed by atoms with Crippen LogP contribution in [-0.2, 0) is 4.79 Å². The highest BCUT2D eigenvalue weighted by atomic mass is 35.5. The lowest BCUT2D eigenvalue weighted by Gasteiger charge is -2.16. The molecule has 0 aromatic heterocycles. The minimum atomic E-state index is 0.0605. The minimum Gasteiger partial charge on any atom is -0.353 e. The summed E-state index contributed by atoms with van der Waals surface area (Å²) in [7, 11) is 4.07. The molecule has 0 saturated carbocycles. The van der Waals surface area contributed by atoms with Crippen molar-refractivity contribution in [1.82, 2.24) is 10.2 Å². The van der Waals surface area contributed by atoms with E-state index in [9.17, 15) is 4.79 Å². The Hall–Kier alpha value is -1.23. The van der Waals surface area contributed by atoms with Crippen LogP contribution in [0.15, 0.2) is 41.3 Å². The van der Waals surface area contributed by atoms with Crippen molar-refractivity contribution in [3.8, 4) is 0 Å². The zero-order chi connectivity index (χ0) is 16.8. The molecule has 124 valence electrons. The maximum atomic E-state index is 12.1. The molecule has 0 bridgehead atoms. The second kappa shape index (κ2) is 8.57. The Morgan fingerprint density at radius 3 is 2.65 bits per heavy atom. The molecule has 0 heterocycles. The first-order valence-corrected chi connectivity index (χ1v) is 9.08. The molecule has 0 fully saturated rings. The summed E-state index contributed by atoms with van der Waals surface area (Å²) in [5, 5.41) is 5.90. The van der Waals surface area contributed by atoms with E-state index in [0.717, 1.165) is 33.7 Å². The lowest BCUT2D eigenvalue weighted by atomic mass is 10.1. The average molecular weight is 351 g/mol. The first-order valence-electron chi connectivity index (χ1n) is 7.71. The fourth-order valence-electron chi connectivity index (χ4n) is 2.37. The summed E-state index contributed by atoms with van der Waals surface area (Å²) in [6.45, 7) is 3.01. The second-order valence-corrected chi connectivity index (χ2v) is 7.37. The summed E-state index contributed by atoms with van der Waals surface area (Å²) >= 11 is 7.85. The summed E-state index contributed by atoms with van der Waals surface area (Å²) in [5.41, 5.74) is 0. The molecule has 0 aliphatic carbocycles. The van der Waals surface area contributed by atoms with Crippen LogP contribution in [0.25, 0.3) is 10.8 Å². The number of halogens is 1. The van der Waals surface area contributed by atoms with Crippen LogP contribution in [0.5, 0.6) is 0 Å². The first kappa shape index (κ1) is 18.1. The molecule has 1 amide bonds. The molecule has 0 radical (unpaired) electrons. The van der Waals surface area contributed by atoms with E-state index in [1.807, 2.05) is 57.4 Å². The SMILES string of the molecule is CC(CCN(C)C)NC(=O)CSc1cccc2cccc(Cl)c12. The standard InChI is InChI=1S/C18H23ClN2OS/c1-13(10-11-21(2)3)20-17(22)12-23-16-9-5-7-14-6-4-8-15(19)18(14)16/h4-9,13H,10-12H2,1-3H3,(H,20,22). The Morgan fingerprint density at radius 1 is 1.26 bits per heavy atom. The summed E-state index contributed by atoms with van der Waals surface area (Å²) in [4.78, 5) is 15.3. The number of nitrogens with zero attached hydrogens (tertiary/aromatic N) is 1. The van der Waals surface area contributed by atoms with Gasteiger partial charge in [0.15, 0.2) is 0 Å². The van der Waals surface area contributed by atoms with Gasteiger partial charge in [-0.15, -0.1) is 11.8 Å². The fourth-order valence-corrected chi connectivity index (χ4v) is 3.62. The van der Waals surface area contributed by atoms with Gasteiger partial charge in [-0.05, 0) is 51.5 Å². The number of benzene rings is 2. The molecule has 1 atom stereocenters. The Morgan fingerprint density at radius 2 is 1.96 bits per heavy atom. The zero-order valence-electron chi connectivity index (χ0n) is 13.8. The summed E-state index contributed by atoms with van der Waals surface area (Å²) in [6, 6.07) is 12.1. The molecule has 5 heteroatoms. The van der Waals surface area contributed by atoms with Crippen molar-refractivity contribution >= 4 is 40.0 Å². The molecule has 0 aliphatic rings. The highest BCUT2D eigenvalue weighted by Crippen LogP contribution is 2.33. The number of carbonyl (C=O) groups is 1. The summed E-state index contributed by atoms with van der Waals surface area (Å²) in [6.07, 6.45) is 0.948. The van der Waals surface area contributed by atoms with E-state index in [1.165, 1.54) is 11.8 Å². The van der Waals surface area contributed by atoms with Crippen molar-refractivity contribution in [1.29, 1.82) is 0 Å². The Labute approximate surface area is 147 Å². The number of hydrogen-bond acceptors (Lipinski definition) is 3. The fraction of sp³-hybridized carbons (Fsp3) is 0.389. The van der Waals surface area contributed by atoms with Gasteiger partial charge >= 0.3 is 0 Å². The van der Waals surface area contributed by atoms with Gasteiger partial charge in [0, 0.05) is 21.3 Å². The third-order valence-electron chi connectivity index (χ3n) is 3.59. The lowest BCUT2D eigenvalue weighted by molar-refractivity contribution is -0.119. The number of thioether (sulfide) groups is 1. The molecule has 0 spiro atoms. The molecular formula is C18H23ClN2OS. The predicted octanol–water partition coefficient (Wildman–Crippen LogP) is 4.04. The molecule has 0 saturated heterocycles. The molecule has 2 rings (SSSR count). The van der Waals surface area contributed by atoms with Crippen molar-refractivity contribution in [2.75, 3.05) is 26.4 Å². The Bertz CT molecular complexity index is 670. The second-order valence-electron chi connectivity index (χ2n) is 5.94. The van der Waals surface area contributed by atoms with Crippen LogP contribution >= 0.6 is 23.4 Å². The quantitative estimate of drug-likeness (QED) is 0.765. The van der Waals surface area contributed by atoms with Gasteiger partial charge in [0.25, 0.3) is 0 Å². The third kappa shape index (κ3) is 5.41. The van der Waals surface area contributed by atoms with E-state index >= 15 is 0 Å². The van der Waals surface area contributed by atoms with Crippen molar-refractivity contribution in [3.05, 3.63) is 41.4 Å². The van der Waals surface area contributed by atoms with Crippen LogP contribution in [-0.4, -0.2) is 43.2 Å². The number of amides is 1. The van der Waals surface area contributed by atoms with Crippen LogP contribution in [0.4, 0.5) is 0 Å². The van der Waals surface area contributed by atoms with Gasteiger partial charge in [-0.25, -0.2) is 0 Å². The van der Waals surface area contributed by atoms with Crippen LogP contribution in [0, 0.1) is 0 Å². The molecule has 2 aromatic carbocycles. The predicted molar refractivity (Wildman–Crippen MR) is 100 cm³/mol. The highest BCUT2D eigenvalue weighted by molar-refractivity contribution is 8.00. The lowest BCUT2D eigenvalue weighted by Crippen LogP contribution is -2.35. The largest absolute Gasteiger partial charge is 0.353 e. The van der Waals surface area contributed by atoms with Crippen LogP contribution in [0.3, 0.4) is 0 Å². The van der Waals surface area contributed by atoms with Gasteiger partial charge in [0.1, 0.15) is 0 Å². The van der Waals surface area contributed by atoms with E-state index in [2.05, 4.69) is 10.2 Å². The van der Waals surface area contributed by atoms with E-state index in [4.69, 9.17) is 11.6 Å². The van der Waals surface area contributed by atoms with Crippen LogP contribution in [0.1, 0.15) is 13.3 Å². The van der Waals surface area contributed by atoms with Gasteiger partial charge in [-0.1, -0.05) is 35.9 Å². The van der Waals surface area contributed by atoms with Gasteiger partial charge in [0.2, 0.25) is 5.91 Å². The van der Waals surface area contributed by atoms with E-state index in [1.54, 1.807) is 0 Å². The summed E-state index contributed by atoms with van der Waals surface area (Å²) in [5.74, 6) is 0.460.